The van der Waals surface area contributed by atoms with E-state index in [1.165, 1.54) is 7.11 Å². The van der Waals surface area contributed by atoms with Crippen molar-refractivity contribution in [2.45, 2.75) is 38.3 Å². The molecule has 2 aromatic heterocycles. The van der Waals surface area contributed by atoms with Crippen LogP contribution in [-0.4, -0.2) is 59.5 Å². The molecule has 1 saturated heterocycles. The molecule has 3 aliphatic heterocycles. The van der Waals surface area contributed by atoms with Crippen LogP contribution < -0.4 is 15.5 Å². The van der Waals surface area contributed by atoms with Gasteiger partial charge in [-0.3, -0.25) is 9.59 Å². The first-order valence-corrected chi connectivity index (χ1v) is 18.7. The summed E-state index contributed by atoms with van der Waals surface area (Å²) in [5, 5.41) is 8.49. The number of halogens is 2. The first-order chi connectivity index (χ1) is 25.8. The van der Waals surface area contributed by atoms with E-state index in [9.17, 15) is 9.59 Å². The highest BCUT2D eigenvalue weighted by molar-refractivity contribution is 6.32. The number of aromatic amines is 1. The van der Waals surface area contributed by atoms with Crippen molar-refractivity contribution in [1.82, 2.24) is 20.2 Å². The van der Waals surface area contributed by atoms with Gasteiger partial charge in [-0.1, -0.05) is 78.7 Å². The monoisotopic (exact) mass is 746 g/mol. The first-order valence-electron chi connectivity index (χ1n) is 18.0. The third-order valence-electron chi connectivity index (χ3n) is 10.4. The topological polar surface area (TPSA) is 103 Å². The molecule has 5 aromatic rings. The minimum absolute atomic E-state index is 0.0402. The number of ether oxygens (including phenoxy) is 1. The highest BCUT2D eigenvalue weighted by atomic mass is 35.5. The summed E-state index contributed by atoms with van der Waals surface area (Å²) in [6, 6.07) is 25.9. The minimum Gasteiger partial charge on any atom is -0.375 e. The standard InChI is InChI=1S/C42H40Cl2N6O3/c1-25-8-7-19-50-39(27-12-14-28(43)15-13-27)31-22-29(44)23-33-36(31)37(40(50)35(25)26-9-4-3-5-10-26)38(47-33)42(52)48-32-11-6-18-45-41(32)49-20-16-30(17-21-49)46-34(51)24-53-2/h3-7,9-15,18-19,22-23,25,30,39,47H,8,16-17,20-21,24H2,1-2H3,(H,46,51)(H,48,52). The van der Waals surface area contributed by atoms with E-state index in [4.69, 9.17) is 32.9 Å². The molecular weight excluding hydrogens is 707 g/mol. The second-order valence-corrected chi connectivity index (χ2v) is 14.8. The maximum absolute atomic E-state index is 14.8. The number of aromatic nitrogens is 2. The maximum Gasteiger partial charge on any atom is 0.272 e. The number of allylic oxidation sites excluding steroid dienone is 2. The minimum atomic E-state index is -0.278. The smallest absolute Gasteiger partial charge is 0.272 e. The van der Waals surface area contributed by atoms with Gasteiger partial charge in [0, 0.05) is 65.1 Å². The van der Waals surface area contributed by atoms with Gasteiger partial charge in [-0.25, -0.2) is 4.98 Å². The Morgan fingerprint density at radius 1 is 0.981 bits per heavy atom. The van der Waals surface area contributed by atoms with Gasteiger partial charge < -0.3 is 30.2 Å². The van der Waals surface area contributed by atoms with Crippen LogP contribution >= 0.6 is 23.2 Å². The lowest BCUT2D eigenvalue weighted by Gasteiger charge is -2.39. The van der Waals surface area contributed by atoms with Gasteiger partial charge in [-0.2, -0.15) is 0 Å². The Morgan fingerprint density at radius 3 is 2.51 bits per heavy atom. The van der Waals surface area contributed by atoms with Gasteiger partial charge in [-0.05, 0) is 83.8 Å². The SMILES string of the molecule is COCC(=O)NC1CCN(c2ncccc2NC(=O)c2[nH]c3cc(Cl)cc4c3c2C2=C(c3ccccc3)C(C)CC=CN2C4c2ccc(Cl)cc2)CC1. The zero-order valence-corrected chi connectivity index (χ0v) is 31.0. The summed E-state index contributed by atoms with van der Waals surface area (Å²) in [5.74, 6) is 0.447. The molecule has 3 aliphatic rings. The largest absolute Gasteiger partial charge is 0.375 e. The Labute approximate surface area is 318 Å². The number of carbonyl (C=O) groups is 2. The van der Waals surface area contributed by atoms with Gasteiger partial charge >= 0.3 is 0 Å². The zero-order valence-electron chi connectivity index (χ0n) is 29.5. The van der Waals surface area contributed by atoms with Crippen LogP contribution in [0.2, 0.25) is 10.0 Å². The molecule has 0 bridgehead atoms. The van der Waals surface area contributed by atoms with Crippen molar-refractivity contribution >= 4 is 68.7 Å². The number of nitrogens with zero attached hydrogens (tertiary/aromatic N) is 3. The molecule has 5 heterocycles. The quantitative estimate of drug-likeness (QED) is 0.147. The van der Waals surface area contributed by atoms with Crippen LogP contribution in [0.15, 0.2) is 97.3 Å². The predicted molar refractivity (Wildman–Crippen MR) is 212 cm³/mol. The Bertz CT molecular complexity index is 2240. The average molecular weight is 748 g/mol. The van der Waals surface area contributed by atoms with E-state index in [0.29, 0.717) is 40.3 Å². The van der Waals surface area contributed by atoms with Crippen LogP contribution in [0.5, 0.6) is 0 Å². The second kappa shape index (κ2) is 14.7. The summed E-state index contributed by atoms with van der Waals surface area (Å²) in [6.45, 7) is 3.64. The van der Waals surface area contributed by atoms with Crippen LogP contribution in [0.25, 0.3) is 22.2 Å². The molecular formula is C42H40Cl2N6O3. The fourth-order valence-electron chi connectivity index (χ4n) is 8.11. The Hall–Kier alpha value is -5.09. The molecule has 0 saturated carbocycles. The van der Waals surface area contributed by atoms with Crippen LogP contribution in [0.1, 0.15) is 65.0 Å². The first kappa shape index (κ1) is 35.0. The number of carbonyl (C=O) groups excluding carboxylic acids is 2. The molecule has 1 fully saturated rings. The molecule has 3 aromatic carbocycles. The van der Waals surface area contributed by atoms with E-state index in [-0.39, 0.29) is 36.4 Å². The lowest BCUT2D eigenvalue weighted by atomic mass is 9.82. The fraction of sp³-hybridized carbons (Fsp3) is 0.262. The van der Waals surface area contributed by atoms with E-state index < -0.39 is 0 Å². The fourth-order valence-corrected chi connectivity index (χ4v) is 8.47. The van der Waals surface area contributed by atoms with E-state index in [2.05, 4.69) is 81.0 Å². The van der Waals surface area contributed by atoms with Crippen molar-refractivity contribution in [2.75, 3.05) is 37.0 Å². The third-order valence-corrected chi connectivity index (χ3v) is 10.9. The van der Waals surface area contributed by atoms with Gasteiger partial charge in [0.2, 0.25) is 5.91 Å². The molecule has 9 nitrogen and oxygen atoms in total. The summed E-state index contributed by atoms with van der Waals surface area (Å²) in [7, 11) is 1.51. The van der Waals surface area contributed by atoms with Crippen LogP contribution in [0.4, 0.5) is 11.5 Å². The summed E-state index contributed by atoms with van der Waals surface area (Å²) < 4.78 is 4.98. The number of rotatable bonds is 8. The second-order valence-electron chi connectivity index (χ2n) is 13.9. The van der Waals surface area contributed by atoms with Gasteiger partial charge in [0.15, 0.2) is 5.82 Å². The van der Waals surface area contributed by atoms with Crippen molar-refractivity contribution in [3.63, 3.8) is 0 Å². The van der Waals surface area contributed by atoms with Crippen molar-refractivity contribution in [1.29, 1.82) is 0 Å². The molecule has 2 amide bonds. The van der Waals surface area contributed by atoms with Crippen LogP contribution in [0, 0.1) is 5.92 Å². The van der Waals surface area contributed by atoms with E-state index in [1.54, 1.807) is 6.20 Å². The lowest BCUT2D eigenvalue weighted by molar-refractivity contribution is -0.125. The number of piperidine rings is 1. The number of methoxy groups -OCH3 is 1. The predicted octanol–water partition coefficient (Wildman–Crippen LogP) is 8.68. The number of hydrogen-bond acceptors (Lipinski definition) is 6. The number of nitrogens with one attached hydrogen (secondary N) is 3. The Morgan fingerprint density at radius 2 is 1.75 bits per heavy atom. The molecule has 270 valence electrons. The molecule has 53 heavy (non-hydrogen) atoms. The number of anilines is 2. The molecule has 2 atom stereocenters. The summed E-state index contributed by atoms with van der Waals surface area (Å²) in [4.78, 5) is 39.6. The van der Waals surface area contributed by atoms with Gasteiger partial charge in [0.05, 0.1) is 17.4 Å². The molecule has 0 radical (unpaired) electrons. The van der Waals surface area contributed by atoms with Gasteiger partial charge in [0.25, 0.3) is 5.91 Å². The van der Waals surface area contributed by atoms with Crippen molar-refractivity contribution in [3.05, 3.63) is 135 Å². The van der Waals surface area contributed by atoms with Crippen LogP contribution in [-0.2, 0) is 9.53 Å². The number of fused-ring (bicyclic) bond motifs is 2. The number of amides is 2. The third kappa shape index (κ3) is 6.69. The summed E-state index contributed by atoms with van der Waals surface area (Å²) in [6.07, 6.45) is 8.45. The van der Waals surface area contributed by atoms with Crippen molar-refractivity contribution in [3.8, 4) is 0 Å². The van der Waals surface area contributed by atoms with E-state index >= 15 is 0 Å². The van der Waals surface area contributed by atoms with E-state index in [0.717, 1.165) is 63.7 Å². The molecule has 3 N–H and O–H groups in total. The maximum atomic E-state index is 14.8. The Balaban J connectivity index is 1.24. The van der Waals surface area contributed by atoms with Crippen molar-refractivity contribution < 1.29 is 14.3 Å². The highest BCUT2D eigenvalue weighted by Gasteiger charge is 2.40. The molecule has 2 unspecified atom stereocenters. The number of H-pyrrole nitrogens is 1. The Kier molecular flexibility index (Phi) is 9.72. The summed E-state index contributed by atoms with van der Waals surface area (Å²) >= 11 is 13.2. The van der Waals surface area contributed by atoms with E-state index in [1.807, 2.05) is 42.5 Å². The number of hydrogen-bond donors (Lipinski definition) is 3. The summed E-state index contributed by atoms with van der Waals surface area (Å²) in [5.41, 5.74) is 7.99. The van der Waals surface area contributed by atoms with Crippen LogP contribution in [0.3, 0.4) is 0 Å². The normalized spacial score (nSPS) is 18.6. The molecule has 8 rings (SSSR count). The molecule has 0 spiro atoms. The molecule has 0 aliphatic carbocycles. The van der Waals surface area contributed by atoms with Gasteiger partial charge in [-0.15, -0.1) is 0 Å². The number of benzene rings is 3. The average Bonchev–Trinajstić information content (AvgIpc) is 3.45. The van der Waals surface area contributed by atoms with Crippen molar-refractivity contribution in [2.24, 2.45) is 5.92 Å². The zero-order chi connectivity index (χ0) is 36.6. The highest BCUT2D eigenvalue weighted by Crippen LogP contribution is 2.53. The lowest BCUT2D eigenvalue weighted by Crippen LogP contribution is -2.46. The molecule has 11 heteroatoms. The van der Waals surface area contributed by atoms with Gasteiger partial charge in [0.1, 0.15) is 12.3 Å². The number of pyridine rings is 1.